The molecule has 0 bridgehead atoms. The molecule has 0 aromatic heterocycles. The zero-order chi connectivity index (χ0) is 14.0. The van der Waals surface area contributed by atoms with Crippen molar-refractivity contribution < 1.29 is 37.5 Å². The molecule has 0 spiro atoms. The van der Waals surface area contributed by atoms with Crippen molar-refractivity contribution in [1.82, 2.24) is 0 Å². The number of benzene rings is 1. The SMILES string of the molecule is [CH2-]SC1=NC(Cc2cc(C)cc(C)c2)=C(C)C(=O)C1.[CH3-].[Y]. The van der Waals surface area contributed by atoms with Crippen molar-refractivity contribution in [3.63, 3.8) is 0 Å². The van der Waals surface area contributed by atoms with Gasteiger partial charge in [-0.2, -0.15) is 0 Å². The zero-order valence-corrected chi connectivity index (χ0v) is 16.8. The molecule has 0 amide bonds. The average Bonchev–Trinajstić information content (AvgIpc) is 2.33. The van der Waals surface area contributed by atoms with Crippen molar-refractivity contribution in [3.8, 4) is 0 Å². The van der Waals surface area contributed by atoms with Crippen LogP contribution in [0.15, 0.2) is 34.5 Å². The number of rotatable bonds is 2. The van der Waals surface area contributed by atoms with E-state index in [1.807, 2.05) is 6.92 Å². The summed E-state index contributed by atoms with van der Waals surface area (Å²) in [4.78, 5) is 16.5. The summed E-state index contributed by atoms with van der Waals surface area (Å²) in [6.45, 7) is 6.04. The van der Waals surface area contributed by atoms with Gasteiger partial charge < -0.3 is 19.2 Å². The van der Waals surface area contributed by atoms with Crippen LogP contribution in [0.3, 0.4) is 0 Å². The molecule has 1 aliphatic rings. The molecule has 4 heteroatoms. The second kappa shape index (κ2) is 9.02. The second-order valence-corrected chi connectivity index (χ2v) is 5.75. The van der Waals surface area contributed by atoms with Gasteiger partial charge in [-0.15, -0.1) is 0 Å². The van der Waals surface area contributed by atoms with Crippen molar-refractivity contribution in [1.29, 1.82) is 0 Å². The van der Waals surface area contributed by atoms with Crippen LogP contribution in [0.4, 0.5) is 0 Å². The summed E-state index contributed by atoms with van der Waals surface area (Å²) in [7, 11) is 0. The third-order valence-corrected chi connectivity index (χ3v) is 3.81. The van der Waals surface area contributed by atoms with Crippen LogP contribution >= 0.6 is 11.8 Å². The van der Waals surface area contributed by atoms with Crippen molar-refractivity contribution in [2.24, 2.45) is 4.99 Å². The van der Waals surface area contributed by atoms with Crippen molar-refractivity contribution in [3.05, 3.63) is 59.8 Å². The van der Waals surface area contributed by atoms with E-state index in [-0.39, 0.29) is 45.9 Å². The summed E-state index contributed by atoms with van der Waals surface area (Å²) >= 11 is 1.32. The molecule has 1 heterocycles. The van der Waals surface area contributed by atoms with Crippen LogP contribution in [0.2, 0.25) is 0 Å². The second-order valence-electron chi connectivity index (χ2n) is 4.99. The van der Waals surface area contributed by atoms with Crippen LogP contribution in [-0.4, -0.2) is 10.8 Å². The molecule has 1 radical (unpaired) electrons. The standard InChI is InChI=1S/C16H18NOS.CH3.Y/c1-10-5-11(2)7-13(6-10)8-14-12(3)15(18)9-16(17-14)19-4;;/h5-7H,4,8-9H2,1-3H3;1H3;/q2*-1;. The average molecular weight is 376 g/mol. The number of ketones is 1. The molecular formula is C17H21NOSY-2. The van der Waals surface area contributed by atoms with Gasteiger partial charge in [0.15, 0.2) is 5.78 Å². The van der Waals surface area contributed by atoms with E-state index in [2.05, 4.69) is 43.3 Å². The monoisotopic (exact) mass is 376 g/mol. The summed E-state index contributed by atoms with van der Waals surface area (Å²) in [5.41, 5.74) is 5.36. The normalized spacial score (nSPS) is 14.3. The molecule has 2 rings (SSSR count). The number of aryl methyl sites for hydroxylation is 2. The minimum Gasteiger partial charge on any atom is -0.358 e. The van der Waals surface area contributed by atoms with Crippen molar-refractivity contribution in [2.75, 3.05) is 0 Å². The smallest absolute Gasteiger partial charge is 0.166 e. The number of carbonyl (C=O) groups is 1. The molecular weight excluding hydrogens is 355 g/mol. The van der Waals surface area contributed by atoms with Gasteiger partial charge in [-0.3, -0.25) is 16.0 Å². The molecule has 21 heavy (non-hydrogen) atoms. The van der Waals surface area contributed by atoms with Crippen LogP contribution in [-0.2, 0) is 43.9 Å². The summed E-state index contributed by atoms with van der Waals surface area (Å²) in [6, 6.07) is 6.45. The van der Waals surface area contributed by atoms with Gasteiger partial charge in [0, 0.05) is 49.7 Å². The summed E-state index contributed by atoms with van der Waals surface area (Å²) in [5.74, 6) is 0.167. The number of thioether (sulfide) groups is 1. The fourth-order valence-corrected chi connectivity index (χ4v) is 2.73. The maximum Gasteiger partial charge on any atom is 0.166 e. The van der Waals surface area contributed by atoms with Gasteiger partial charge in [0.1, 0.15) is 0 Å². The van der Waals surface area contributed by atoms with Crippen LogP contribution in [0, 0.1) is 27.5 Å². The molecule has 0 saturated heterocycles. The number of Topliss-reactive ketones (excluding diaryl/α,β-unsaturated/α-hetero) is 1. The predicted molar refractivity (Wildman–Crippen MR) is 88.7 cm³/mol. The Balaban J connectivity index is 0.00000200. The molecule has 1 aromatic carbocycles. The predicted octanol–water partition coefficient (Wildman–Crippen LogP) is 4.46. The zero-order valence-electron chi connectivity index (χ0n) is 13.2. The number of carbonyl (C=O) groups excluding carboxylic acids is 1. The molecule has 0 fully saturated rings. The quantitative estimate of drug-likeness (QED) is 0.713. The Bertz CT molecular complexity index is 570. The molecule has 1 aliphatic heterocycles. The maximum absolute atomic E-state index is 11.9. The molecule has 0 aliphatic carbocycles. The van der Waals surface area contributed by atoms with E-state index >= 15 is 0 Å². The van der Waals surface area contributed by atoms with E-state index in [1.54, 1.807) is 0 Å². The topological polar surface area (TPSA) is 29.4 Å². The Morgan fingerprint density at radius 1 is 1.19 bits per heavy atom. The minimum atomic E-state index is 0. The molecule has 0 atom stereocenters. The van der Waals surface area contributed by atoms with E-state index < -0.39 is 0 Å². The summed E-state index contributed by atoms with van der Waals surface area (Å²) < 4.78 is 0. The maximum atomic E-state index is 11.9. The van der Waals surface area contributed by atoms with Gasteiger partial charge in [-0.05, 0) is 26.3 Å². The Kier molecular flexibility index (Phi) is 8.91. The van der Waals surface area contributed by atoms with Crippen LogP contribution in [0.5, 0.6) is 0 Å². The van der Waals surface area contributed by atoms with Crippen LogP contribution < -0.4 is 0 Å². The van der Waals surface area contributed by atoms with Crippen molar-refractivity contribution in [2.45, 2.75) is 33.6 Å². The van der Waals surface area contributed by atoms with Gasteiger partial charge in [0.2, 0.25) is 0 Å². The first-order chi connectivity index (χ1) is 8.99. The Morgan fingerprint density at radius 2 is 1.76 bits per heavy atom. The van der Waals surface area contributed by atoms with Gasteiger partial charge in [0.25, 0.3) is 0 Å². The van der Waals surface area contributed by atoms with E-state index in [0.29, 0.717) is 12.8 Å². The molecule has 2 nitrogen and oxygen atoms in total. The van der Waals surface area contributed by atoms with Gasteiger partial charge in [-0.25, -0.2) is 0 Å². The molecule has 0 saturated carbocycles. The number of nitrogens with zero attached hydrogens (tertiary/aromatic N) is 1. The van der Waals surface area contributed by atoms with Gasteiger partial charge in [-0.1, -0.05) is 29.3 Å². The first kappa shape index (κ1) is 20.8. The summed E-state index contributed by atoms with van der Waals surface area (Å²) in [6.07, 6.45) is 4.86. The minimum absolute atomic E-state index is 0. The third kappa shape index (κ3) is 5.47. The number of allylic oxidation sites excluding steroid dienone is 2. The van der Waals surface area contributed by atoms with E-state index in [0.717, 1.165) is 16.3 Å². The number of hydrogen-bond donors (Lipinski definition) is 0. The molecule has 111 valence electrons. The van der Waals surface area contributed by atoms with E-state index in [9.17, 15) is 4.79 Å². The molecule has 0 unspecified atom stereocenters. The molecule has 0 N–H and O–H groups in total. The number of aliphatic imine (C=N–C) groups is 1. The van der Waals surface area contributed by atoms with E-state index in [1.165, 1.54) is 28.5 Å². The Morgan fingerprint density at radius 3 is 2.29 bits per heavy atom. The van der Waals surface area contributed by atoms with Crippen LogP contribution in [0.1, 0.15) is 30.0 Å². The Labute approximate surface area is 157 Å². The first-order valence-electron chi connectivity index (χ1n) is 6.29. The fraction of sp³-hybridized carbons (Fsp3) is 0.294. The fourth-order valence-electron chi connectivity index (χ4n) is 2.32. The van der Waals surface area contributed by atoms with E-state index in [4.69, 9.17) is 0 Å². The third-order valence-electron chi connectivity index (χ3n) is 3.24. The molecule has 1 aromatic rings. The van der Waals surface area contributed by atoms with Gasteiger partial charge in [0.05, 0.1) is 12.1 Å². The van der Waals surface area contributed by atoms with Crippen LogP contribution in [0.25, 0.3) is 0 Å². The van der Waals surface area contributed by atoms with Gasteiger partial charge >= 0.3 is 0 Å². The largest absolute Gasteiger partial charge is 0.358 e. The first-order valence-corrected chi connectivity index (χ1v) is 7.28. The number of hydrogen-bond acceptors (Lipinski definition) is 3. The van der Waals surface area contributed by atoms with Crippen molar-refractivity contribution >= 4 is 22.6 Å². The summed E-state index contributed by atoms with van der Waals surface area (Å²) in [5, 5.41) is 0.815. The Hall–Kier alpha value is -0.246.